The van der Waals surface area contributed by atoms with Crippen molar-refractivity contribution >= 4 is 35.4 Å². The van der Waals surface area contributed by atoms with E-state index >= 15 is 0 Å². The fourth-order valence-corrected chi connectivity index (χ4v) is 3.74. The molecule has 2 atom stereocenters. The van der Waals surface area contributed by atoms with Gasteiger partial charge in [-0.15, -0.1) is 11.8 Å². The molecule has 0 saturated carbocycles. The third-order valence-electron chi connectivity index (χ3n) is 3.01. The number of carbonyl (C=O) groups is 2. The van der Waals surface area contributed by atoms with E-state index in [1.165, 1.54) is 16.7 Å². The van der Waals surface area contributed by atoms with Crippen LogP contribution in [0.25, 0.3) is 0 Å². The monoisotopic (exact) mass is 342 g/mol. The highest BCUT2D eigenvalue weighted by Crippen LogP contribution is 2.42. The van der Waals surface area contributed by atoms with Gasteiger partial charge >= 0.3 is 6.09 Å². The molecule has 22 heavy (non-hydrogen) atoms. The molecule has 1 aliphatic heterocycles. The Morgan fingerprint density at radius 3 is 2.64 bits per heavy atom. The summed E-state index contributed by atoms with van der Waals surface area (Å²) in [6, 6.07) is 5.98. The van der Waals surface area contributed by atoms with Crippen LogP contribution in [0.1, 0.15) is 31.7 Å². The number of carboxylic acids is 1. The van der Waals surface area contributed by atoms with E-state index in [0.717, 1.165) is 5.56 Å². The van der Waals surface area contributed by atoms with Crippen molar-refractivity contribution in [2.75, 3.05) is 5.75 Å². The normalized spacial score (nSPS) is 21.7. The number of benzene rings is 1. The molecule has 0 aliphatic carbocycles. The zero-order valence-electron chi connectivity index (χ0n) is 12.5. The Morgan fingerprint density at radius 1 is 1.41 bits per heavy atom. The molecule has 1 saturated heterocycles. The molecular formula is C15H17ClNO4S-. The predicted molar refractivity (Wildman–Crippen MR) is 83.5 cm³/mol. The molecule has 1 aromatic rings. The first kappa shape index (κ1) is 17.0. The highest BCUT2D eigenvalue weighted by atomic mass is 35.5. The van der Waals surface area contributed by atoms with E-state index in [4.69, 9.17) is 16.3 Å². The summed E-state index contributed by atoms with van der Waals surface area (Å²) in [5.74, 6) is -1.04. The van der Waals surface area contributed by atoms with Gasteiger partial charge in [-0.25, -0.2) is 4.79 Å². The standard InChI is InChI=1S/C15H18ClNO4S/c1-15(2,3)21-14(20)17-11(13(18)19)8-22-12(17)9-5-4-6-10(16)7-9/h4-7,11-12H,8H2,1-3H3,(H,18,19)/p-1/t11-,12+/m0/s1. The lowest BCUT2D eigenvalue weighted by atomic mass is 10.2. The van der Waals surface area contributed by atoms with Gasteiger partial charge in [0.15, 0.2) is 0 Å². The number of thioether (sulfide) groups is 1. The van der Waals surface area contributed by atoms with Crippen molar-refractivity contribution in [3.8, 4) is 0 Å². The largest absolute Gasteiger partial charge is 0.548 e. The van der Waals surface area contributed by atoms with Crippen LogP contribution < -0.4 is 5.11 Å². The molecule has 1 fully saturated rings. The second kappa shape index (κ2) is 6.38. The summed E-state index contributed by atoms with van der Waals surface area (Å²) in [5.41, 5.74) is 0.0480. The minimum atomic E-state index is -1.29. The number of ether oxygens (including phenoxy) is 1. The Kier molecular flexibility index (Phi) is 4.92. The van der Waals surface area contributed by atoms with Crippen molar-refractivity contribution in [1.82, 2.24) is 4.90 Å². The van der Waals surface area contributed by atoms with E-state index < -0.39 is 29.1 Å². The Labute approximate surface area is 138 Å². The highest BCUT2D eigenvalue weighted by Gasteiger charge is 2.41. The summed E-state index contributed by atoms with van der Waals surface area (Å²) in [6.07, 6.45) is -0.670. The average Bonchev–Trinajstić information content (AvgIpc) is 2.81. The lowest BCUT2D eigenvalue weighted by Gasteiger charge is -2.32. The number of halogens is 1. The van der Waals surface area contributed by atoms with Crippen molar-refractivity contribution in [2.45, 2.75) is 37.8 Å². The SMILES string of the molecule is CC(C)(C)OC(=O)N1[C@@H](c2cccc(Cl)c2)SC[C@H]1C(=O)[O-]. The Morgan fingerprint density at radius 2 is 2.09 bits per heavy atom. The van der Waals surface area contributed by atoms with Crippen LogP contribution >= 0.6 is 23.4 Å². The highest BCUT2D eigenvalue weighted by molar-refractivity contribution is 7.99. The molecule has 0 spiro atoms. The molecule has 7 heteroatoms. The molecule has 0 radical (unpaired) electrons. The molecule has 1 amide bonds. The Balaban J connectivity index is 2.32. The topological polar surface area (TPSA) is 69.7 Å². The van der Waals surface area contributed by atoms with E-state index in [2.05, 4.69) is 0 Å². The van der Waals surface area contributed by atoms with E-state index in [1.807, 2.05) is 0 Å². The molecule has 120 valence electrons. The van der Waals surface area contributed by atoms with Crippen LogP contribution in [-0.2, 0) is 9.53 Å². The zero-order valence-corrected chi connectivity index (χ0v) is 14.1. The summed E-state index contributed by atoms with van der Waals surface area (Å²) in [4.78, 5) is 25.0. The molecule has 0 N–H and O–H groups in total. The number of rotatable bonds is 2. The van der Waals surface area contributed by atoms with E-state index in [9.17, 15) is 14.7 Å². The first-order valence-corrected chi connectivity index (χ1v) is 8.21. The number of carbonyl (C=O) groups excluding carboxylic acids is 2. The summed E-state index contributed by atoms with van der Waals surface area (Å²) < 4.78 is 5.33. The number of hydrogen-bond acceptors (Lipinski definition) is 5. The van der Waals surface area contributed by atoms with E-state index in [1.54, 1.807) is 45.0 Å². The van der Waals surface area contributed by atoms with Crippen LogP contribution in [0.3, 0.4) is 0 Å². The number of amides is 1. The smallest absolute Gasteiger partial charge is 0.412 e. The molecule has 1 heterocycles. The summed E-state index contributed by atoms with van der Waals surface area (Å²) in [6.45, 7) is 5.20. The maximum absolute atomic E-state index is 12.4. The van der Waals surface area contributed by atoms with Gasteiger partial charge in [0.2, 0.25) is 0 Å². The van der Waals surface area contributed by atoms with Gasteiger partial charge in [0.05, 0.1) is 12.0 Å². The first-order chi connectivity index (χ1) is 10.2. The molecule has 2 rings (SSSR count). The summed E-state index contributed by atoms with van der Waals surface area (Å²) >= 11 is 7.33. The molecule has 1 aromatic carbocycles. The number of carboxylic acid groups (broad SMARTS) is 1. The van der Waals surface area contributed by atoms with Crippen molar-refractivity contribution in [3.05, 3.63) is 34.9 Å². The van der Waals surface area contributed by atoms with Crippen molar-refractivity contribution in [2.24, 2.45) is 0 Å². The second-order valence-electron chi connectivity index (χ2n) is 5.96. The van der Waals surface area contributed by atoms with Crippen LogP contribution in [0.2, 0.25) is 5.02 Å². The van der Waals surface area contributed by atoms with Crippen LogP contribution in [0.5, 0.6) is 0 Å². The molecule has 0 aromatic heterocycles. The maximum atomic E-state index is 12.4. The first-order valence-electron chi connectivity index (χ1n) is 6.78. The molecule has 0 bridgehead atoms. The minimum absolute atomic E-state index is 0.249. The fourth-order valence-electron chi connectivity index (χ4n) is 2.14. The van der Waals surface area contributed by atoms with Crippen LogP contribution in [0.15, 0.2) is 24.3 Å². The molecule has 1 aliphatic rings. The maximum Gasteiger partial charge on any atom is 0.412 e. The van der Waals surface area contributed by atoms with Crippen molar-refractivity contribution < 1.29 is 19.4 Å². The lowest BCUT2D eigenvalue weighted by Crippen LogP contribution is -2.50. The van der Waals surface area contributed by atoms with E-state index in [-0.39, 0.29) is 5.75 Å². The van der Waals surface area contributed by atoms with Gasteiger partial charge in [-0.2, -0.15) is 0 Å². The van der Waals surface area contributed by atoms with Gasteiger partial charge in [0.25, 0.3) is 0 Å². The summed E-state index contributed by atoms with van der Waals surface area (Å²) in [5, 5.41) is 11.4. The van der Waals surface area contributed by atoms with Crippen LogP contribution in [-0.4, -0.2) is 34.4 Å². The number of aliphatic carboxylic acids is 1. The number of nitrogens with zero attached hydrogens (tertiary/aromatic N) is 1. The van der Waals surface area contributed by atoms with Crippen molar-refractivity contribution in [3.63, 3.8) is 0 Å². The van der Waals surface area contributed by atoms with Gasteiger partial charge in [0, 0.05) is 10.8 Å². The van der Waals surface area contributed by atoms with Gasteiger partial charge < -0.3 is 14.6 Å². The van der Waals surface area contributed by atoms with Gasteiger partial charge in [-0.1, -0.05) is 23.7 Å². The number of hydrogen-bond donors (Lipinski definition) is 0. The Bertz CT molecular complexity index is 587. The zero-order chi connectivity index (χ0) is 16.5. The summed E-state index contributed by atoms with van der Waals surface area (Å²) in [7, 11) is 0. The molecular weight excluding hydrogens is 326 g/mol. The average molecular weight is 343 g/mol. The minimum Gasteiger partial charge on any atom is -0.548 e. The van der Waals surface area contributed by atoms with Gasteiger partial charge in [0.1, 0.15) is 11.0 Å². The fraction of sp³-hybridized carbons (Fsp3) is 0.467. The Hall–Kier alpha value is -1.40. The second-order valence-corrected chi connectivity index (χ2v) is 7.51. The van der Waals surface area contributed by atoms with Gasteiger partial charge in [-0.3, -0.25) is 4.90 Å². The third-order valence-corrected chi connectivity index (χ3v) is 4.57. The van der Waals surface area contributed by atoms with Crippen LogP contribution in [0.4, 0.5) is 4.79 Å². The van der Waals surface area contributed by atoms with Crippen molar-refractivity contribution in [1.29, 1.82) is 0 Å². The van der Waals surface area contributed by atoms with E-state index in [0.29, 0.717) is 5.02 Å². The third kappa shape index (κ3) is 3.87. The van der Waals surface area contributed by atoms with Crippen LogP contribution in [0, 0.1) is 0 Å². The van der Waals surface area contributed by atoms with Gasteiger partial charge in [-0.05, 0) is 38.5 Å². The molecule has 0 unspecified atom stereocenters. The lowest BCUT2D eigenvalue weighted by molar-refractivity contribution is -0.310. The quantitative estimate of drug-likeness (QED) is 0.825. The predicted octanol–water partition coefficient (Wildman–Crippen LogP) is 2.44. The molecule has 5 nitrogen and oxygen atoms in total.